The van der Waals surface area contributed by atoms with Gasteiger partial charge in [0, 0.05) is 80.6 Å². The summed E-state index contributed by atoms with van der Waals surface area (Å²) in [5, 5.41) is 2.39. The molecule has 8 nitrogen and oxygen atoms in total. The third-order valence-electron chi connectivity index (χ3n) is 8.05. The number of nitrogens with zero attached hydrogens (tertiary/aromatic N) is 5. The fourth-order valence-corrected chi connectivity index (χ4v) is 6.23. The van der Waals surface area contributed by atoms with Gasteiger partial charge in [0.05, 0.1) is 0 Å². The molecule has 1 saturated carbocycles. The summed E-state index contributed by atoms with van der Waals surface area (Å²) in [6.45, 7) is 5.28. The van der Waals surface area contributed by atoms with Crippen molar-refractivity contribution in [2.75, 3.05) is 50.7 Å². The van der Waals surface area contributed by atoms with Crippen molar-refractivity contribution in [1.29, 1.82) is 0 Å². The first kappa shape index (κ1) is 22.7. The topological polar surface area (TPSA) is 77.1 Å². The average molecular weight is 494 g/mol. The Bertz CT molecular complexity index is 1120. The van der Waals surface area contributed by atoms with E-state index in [0.717, 1.165) is 81.6 Å². The lowest BCUT2D eigenvalue weighted by Crippen LogP contribution is -2.64. The van der Waals surface area contributed by atoms with E-state index in [1.54, 1.807) is 6.20 Å². The number of fused-ring (bicyclic) bond motifs is 1. The molecule has 6 rings (SSSR count). The number of aromatic nitrogens is 1. The van der Waals surface area contributed by atoms with Gasteiger partial charge in [-0.1, -0.05) is 6.42 Å². The Morgan fingerprint density at radius 3 is 2.40 bits per heavy atom. The van der Waals surface area contributed by atoms with Crippen LogP contribution >= 0.6 is 11.3 Å². The molecular formula is C26H31N5O3S. The fraction of sp³-hybridized carbons (Fsp3) is 0.538. The van der Waals surface area contributed by atoms with Crippen LogP contribution in [0.1, 0.15) is 51.4 Å². The molecule has 35 heavy (non-hydrogen) atoms. The number of amides is 3. The lowest BCUT2D eigenvalue weighted by molar-refractivity contribution is -0.124. The van der Waals surface area contributed by atoms with Gasteiger partial charge in [-0.3, -0.25) is 19.3 Å². The second-order valence-electron chi connectivity index (χ2n) is 10.1. The Labute approximate surface area is 209 Å². The lowest BCUT2D eigenvalue weighted by atomic mass is 9.83. The summed E-state index contributed by atoms with van der Waals surface area (Å²) in [4.78, 5) is 50.8. The van der Waals surface area contributed by atoms with Crippen molar-refractivity contribution in [2.24, 2.45) is 5.92 Å². The average Bonchev–Trinajstić information content (AvgIpc) is 3.36. The third kappa shape index (κ3) is 4.25. The van der Waals surface area contributed by atoms with Crippen LogP contribution in [0.3, 0.4) is 0 Å². The number of rotatable bonds is 4. The molecule has 2 aromatic rings. The van der Waals surface area contributed by atoms with Gasteiger partial charge in [-0.2, -0.15) is 0 Å². The number of hydrogen-bond acceptors (Lipinski definition) is 6. The number of carbonyl (C=O) groups excluding carboxylic acids is 3. The van der Waals surface area contributed by atoms with Gasteiger partial charge in [0.25, 0.3) is 11.8 Å². The summed E-state index contributed by atoms with van der Waals surface area (Å²) in [5.74, 6) is 0.539. The number of piperazine rings is 1. The van der Waals surface area contributed by atoms with Gasteiger partial charge in [0.15, 0.2) is 5.01 Å². The lowest BCUT2D eigenvalue weighted by Gasteiger charge is -2.48. The van der Waals surface area contributed by atoms with E-state index in [4.69, 9.17) is 0 Å². The molecule has 3 amide bonds. The van der Waals surface area contributed by atoms with Gasteiger partial charge in [-0.25, -0.2) is 4.98 Å². The predicted molar refractivity (Wildman–Crippen MR) is 134 cm³/mol. The minimum absolute atomic E-state index is 0.0189. The Kier molecular flexibility index (Phi) is 6.06. The first-order valence-corrected chi connectivity index (χ1v) is 13.6. The maximum Gasteiger partial charge on any atom is 0.282 e. The quantitative estimate of drug-likeness (QED) is 0.654. The Morgan fingerprint density at radius 1 is 0.914 bits per heavy atom. The summed E-state index contributed by atoms with van der Waals surface area (Å²) < 4.78 is 0. The fourth-order valence-electron chi connectivity index (χ4n) is 5.62. The molecule has 1 aromatic heterocycles. The maximum atomic E-state index is 13.2. The van der Waals surface area contributed by atoms with Gasteiger partial charge in [-0.15, -0.1) is 11.3 Å². The molecule has 1 aromatic carbocycles. The third-order valence-corrected chi connectivity index (χ3v) is 8.81. The molecule has 4 heterocycles. The predicted octanol–water partition coefficient (Wildman–Crippen LogP) is 2.50. The second-order valence-corrected chi connectivity index (χ2v) is 11.0. The molecule has 0 bridgehead atoms. The summed E-state index contributed by atoms with van der Waals surface area (Å²) in [7, 11) is 0. The Hall–Kier alpha value is -2.78. The molecule has 4 aliphatic rings. The van der Waals surface area contributed by atoms with Crippen LogP contribution in [0.25, 0.3) is 0 Å². The molecule has 0 radical (unpaired) electrons. The molecule has 0 spiro atoms. The van der Waals surface area contributed by atoms with E-state index in [1.807, 2.05) is 38.3 Å². The highest BCUT2D eigenvalue weighted by Gasteiger charge is 2.38. The van der Waals surface area contributed by atoms with E-state index in [1.165, 1.54) is 11.3 Å². The van der Waals surface area contributed by atoms with Crippen LogP contribution in [0.5, 0.6) is 0 Å². The van der Waals surface area contributed by atoms with Gasteiger partial charge in [0.1, 0.15) is 0 Å². The van der Waals surface area contributed by atoms with E-state index in [0.29, 0.717) is 24.1 Å². The van der Waals surface area contributed by atoms with Crippen molar-refractivity contribution in [3.63, 3.8) is 0 Å². The van der Waals surface area contributed by atoms with E-state index < -0.39 is 0 Å². The van der Waals surface area contributed by atoms with Gasteiger partial charge < -0.3 is 14.7 Å². The van der Waals surface area contributed by atoms with Crippen LogP contribution in [-0.4, -0.2) is 89.3 Å². The molecular weight excluding hydrogens is 462 g/mol. The number of thiazole rings is 1. The van der Waals surface area contributed by atoms with Crippen LogP contribution in [0.2, 0.25) is 0 Å². The summed E-state index contributed by atoms with van der Waals surface area (Å²) >= 11 is 1.38. The van der Waals surface area contributed by atoms with E-state index in [9.17, 15) is 14.4 Å². The van der Waals surface area contributed by atoms with Crippen molar-refractivity contribution in [3.8, 4) is 0 Å². The summed E-state index contributed by atoms with van der Waals surface area (Å²) in [5.41, 5.74) is 2.84. The van der Waals surface area contributed by atoms with Gasteiger partial charge in [-0.05, 0) is 49.4 Å². The number of hydrogen-bond donors (Lipinski definition) is 0. The number of aryl methyl sites for hydroxylation is 1. The maximum absolute atomic E-state index is 13.2. The molecule has 0 atom stereocenters. The number of anilines is 1. The van der Waals surface area contributed by atoms with Crippen molar-refractivity contribution in [2.45, 2.75) is 38.1 Å². The zero-order valence-electron chi connectivity index (χ0n) is 19.9. The molecule has 184 valence electrons. The Balaban J connectivity index is 1.03. The highest BCUT2D eigenvalue weighted by molar-refractivity contribution is 7.11. The van der Waals surface area contributed by atoms with Crippen LogP contribution in [0.4, 0.5) is 5.69 Å². The largest absolute Gasteiger partial charge is 0.335 e. The number of carbonyl (C=O) groups is 3. The zero-order chi connectivity index (χ0) is 23.9. The molecule has 0 unspecified atom stereocenters. The van der Waals surface area contributed by atoms with Gasteiger partial charge in [0.2, 0.25) is 5.91 Å². The monoisotopic (exact) mass is 493 g/mol. The SMILES string of the molecule is O=C(c1ccc2c(c1)CCCN2C(=O)C1CCC1)N1CC(N2CCN(C(=O)c3nccs3)CC2)C1. The van der Waals surface area contributed by atoms with Crippen molar-refractivity contribution in [3.05, 3.63) is 45.9 Å². The summed E-state index contributed by atoms with van der Waals surface area (Å²) in [6.07, 6.45) is 6.70. The smallest absolute Gasteiger partial charge is 0.282 e. The highest BCUT2D eigenvalue weighted by Crippen LogP contribution is 2.34. The second kappa shape index (κ2) is 9.35. The van der Waals surface area contributed by atoms with Crippen molar-refractivity contribution >= 4 is 34.7 Å². The minimum Gasteiger partial charge on any atom is -0.335 e. The van der Waals surface area contributed by atoms with Crippen molar-refractivity contribution in [1.82, 2.24) is 19.7 Å². The first-order valence-electron chi connectivity index (χ1n) is 12.7. The zero-order valence-corrected chi connectivity index (χ0v) is 20.7. The van der Waals surface area contributed by atoms with Crippen LogP contribution in [0.15, 0.2) is 29.8 Å². The molecule has 2 saturated heterocycles. The van der Waals surface area contributed by atoms with Crippen LogP contribution in [0, 0.1) is 5.92 Å². The van der Waals surface area contributed by atoms with Crippen molar-refractivity contribution < 1.29 is 14.4 Å². The molecule has 3 aliphatic heterocycles. The molecule has 0 N–H and O–H groups in total. The first-order chi connectivity index (χ1) is 17.1. The van der Waals surface area contributed by atoms with Crippen LogP contribution in [-0.2, 0) is 11.2 Å². The molecule has 9 heteroatoms. The minimum atomic E-state index is 0.0189. The van der Waals surface area contributed by atoms with Crippen LogP contribution < -0.4 is 4.90 Å². The van der Waals surface area contributed by atoms with E-state index >= 15 is 0 Å². The Morgan fingerprint density at radius 2 is 1.71 bits per heavy atom. The highest BCUT2D eigenvalue weighted by atomic mass is 32.1. The van der Waals surface area contributed by atoms with E-state index in [-0.39, 0.29) is 23.6 Å². The normalized spacial score (nSPS) is 21.3. The standard InChI is InChI=1S/C26H31N5O3S/c32-24(20-6-7-22-19(15-20)5-2-9-31(22)25(33)18-3-1-4-18)30-16-21(17-30)28-10-12-29(13-11-28)26(34)23-27-8-14-35-23/h6-8,14-15,18,21H,1-5,9-13,16-17H2. The molecule has 1 aliphatic carbocycles. The number of benzene rings is 1. The van der Waals surface area contributed by atoms with Gasteiger partial charge >= 0.3 is 0 Å². The summed E-state index contributed by atoms with van der Waals surface area (Å²) in [6, 6.07) is 6.23. The molecule has 3 fully saturated rings. The van der Waals surface area contributed by atoms with E-state index in [2.05, 4.69) is 9.88 Å². The number of likely N-dealkylation sites (tertiary alicyclic amines) is 1.